The molecule has 1 aromatic carbocycles. The van der Waals surface area contributed by atoms with E-state index in [0.29, 0.717) is 0 Å². The quantitative estimate of drug-likeness (QED) is 0.863. The predicted molar refractivity (Wildman–Crippen MR) is 77.4 cm³/mol. The number of nitrogens with one attached hydrogen (secondary N) is 1. The Kier molecular flexibility index (Phi) is 4.12. The number of benzene rings is 1. The Labute approximate surface area is 110 Å². The summed E-state index contributed by atoms with van der Waals surface area (Å²) in [7, 11) is 4.11. The van der Waals surface area contributed by atoms with Crippen LogP contribution in [0.2, 0.25) is 0 Å². The van der Waals surface area contributed by atoms with E-state index in [4.69, 9.17) is 0 Å². The fraction of sp³-hybridized carbons (Fsp3) is 0.600. The van der Waals surface area contributed by atoms with E-state index in [9.17, 15) is 5.11 Å². The van der Waals surface area contributed by atoms with Crippen molar-refractivity contribution in [2.75, 3.05) is 24.3 Å². The summed E-state index contributed by atoms with van der Waals surface area (Å²) in [6.07, 6.45) is 4.14. The third-order valence-corrected chi connectivity index (χ3v) is 3.77. The summed E-state index contributed by atoms with van der Waals surface area (Å²) >= 11 is 0. The molecule has 18 heavy (non-hydrogen) atoms. The summed E-state index contributed by atoms with van der Waals surface area (Å²) in [5, 5.41) is 13.5. The van der Waals surface area contributed by atoms with Crippen LogP contribution in [0.25, 0.3) is 0 Å². The van der Waals surface area contributed by atoms with Crippen LogP contribution in [0, 0.1) is 6.92 Å². The molecule has 1 aliphatic rings. The first-order chi connectivity index (χ1) is 8.58. The number of rotatable bonds is 3. The molecule has 0 heterocycles. The maximum atomic E-state index is 9.99. The zero-order valence-electron chi connectivity index (χ0n) is 11.6. The molecule has 1 fully saturated rings. The van der Waals surface area contributed by atoms with Crippen LogP contribution in [0.4, 0.5) is 11.4 Å². The molecular formula is C15H24N2O. The van der Waals surface area contributed by atoms with Gasteiger partial charge in [0.2, 0.25) is 0 Å². The summed E-state index contributed by atoms with van der Waals surface area (Å²) < 4.78 is 0. The van der Waals surface area contributed by atoms with Crippen LogP contribution in [0.3, 0.4) is 0 Å². The predicted octanol–water partition coefficient (Wildman–Crippen LogP) is 2.78. The van der Waals surface area contributed by atoms with E-state index in [1.807, 2.05) is 0 Å². The van der Waals surface area contributed by atoms with Gasteiger partial charge in [0.05, 0.1) is 12.1 Å². The van der Waals surface area contributed by atoms with E-state index in [0.717, 1.165) is 24.9 Å². The smallest absolute Gasteiger partial charge is 0.0741 e. The zero-order valence-corrected chi connectivity index (χ0v) is 11.6. The molecule has 3 heteroatoms. The van der Waals surface area contributed by atoms with Crippen molar-refractivity contribution in [2.24, 2.45) is 0 Å². The molecule has 2 N–H and O–H groups in total. The Bertz CT molecular complexity index is 403. The first-order valence-electron chi connectivity index (χ1n) is 6.80. The summed E-state index contributed by atoms with van der Waals surface area (Å²) in [4.78, 5) is 2.12. The molecule has 0 unspecified atom stereocenters. The summed E-state index contributed by atoms with van der Waals surface area (Å²) in [6.45, 7) is 2.12. The van der Waals surface area contributed by atoms with Gasteiger partial charge in [0.1, 0.15) is 0 Å². The van der Waals surface area contributed by atoms with Gasteiger partial charge in [-0.1, -0.05) is 18.9 Å². The van der Waals surface area contributed by atoms with E-state index in [2.05, 4.69) is 49.4 Å². The van der Waals surface area contributed by atoms with Gasteiger partial charge in [0, 0.05) is 25.5 Å². The van der Waals surface area contributed by atoms with Crippen molar-refractivity contribution >= 4 is 11.4 Å². The summed E-state index contributed by atoms with van der Waals surface area (Å²) in [5.74, 6) is 0. The second-order valence-corrected chi connectivity index (χ2v) is 5.50. The third-order valence-electron chi connectivity index (χ3n) is 3.77. The fourth-order valence-corrected chi connectivity index (χ4v) is 2.67. The third kappa shape index (κ3) is 2.96. The Morgan fingerprint density at radius 2 is 1.94 bits per heavy atom. The average Bonchev–Trinajstić information content (AvgIpc) is 2.34. The number of aryl methyl sites for hydroxylation is 1. The molecule has 1 aromatic rings. The fourth-order valence-electron chi connectivity index (χ4n) is 2.67. The van der Waals surface area contributed by atoms with Crippen LogP contribution in [-0.2, 0) is 0 Å². The molecule has 0 amide bonds. The summed E-state index contributed by atoms with van der Waals surface area (Å²) in [6, 6.07) is 6.60. The number of hydrogen-bond acceptors (Lipinski definition) is 3. The van der Waals surface area contributed by atoms with Crippen molar-refractivity contribution < 1.29 is 5.11 Å². The van der Waals surface area contributed by atoms with E-state index in [1.54, 1.807) is 0 Å². The number of nitrogens with zero attached hydrogens (tertiary/aromatic N) is 1. The lowest BCUT2D eigenvalue weighted by Gasteiger charge is -2.29. The maximum absolute atomic E-state index is 9.99. The Morgan fingerprint density at radius 3 is 2.61 bits per heavy atom. The second-order valence-electron chi connectivity index (χ2n) is 5.50. The number of aliphatic hydroxyl groups excluding tert-OH is 1. The van der Waals surface area contributed by atoms with E-state index in [1.165, 1.54) is 17.7 Å². The highest BCUT2D eigenvalue weighted by Crippen LogP contribution is 2.26. The van der Waals surface area contributed by atoms with E-state index < -0.39 is 0 Å². The molecule has 100 valence electrons. The van der Waals surface area contributed by atoms with Crippen LogP contribution in [0.5, 0.6) is 0 Å². The zero-order chi connectivity index (χ0) is 13.1. The number of anilines is 2. The lowest BCUT2D eigenvalue weighted by molar-refractivity contribution is 0.116. The molecule has 0 saturated heterocycles. The molecule has 1 saturated carbocycles. The number of aliphatic hydroxyl groups is 1. The van der Waals surface area contributed by atoms with Gasteiger partial charge in [-0.25, -0.2) is 0 Å². The minimum absolute atomic E-state index is 0.205. The van der Waals surface area contributed by atoms with Crippen molar-refractivity contribution in [1.82, 2.24) is 0 Å². The number of hydrogen-bond donors (Lipinski definition) is 2. The van der Waals surface area contributed by atoms with Crippen molar-refractivity contribution in [1.29, 1.82) is 0 Å². The van der Waals surface area contributed by atoms with Crippen molar-refractivity contribution in [3.63, 3.8) is 0 Å². The molecule has 0 radical (unpaired) electrons. The highest BCUT2D eigenvalue weighted by atomic mass is 16.3. The molecule has 0 aromatic heterocycles. The molecule has 2 atom stereocenters. The van der Waals surface area contributed by atoms with Gasteiger partial charge >= 0.3 is 0 Å². The van der Waals surface area contributed by atoms with Crippen LogP contribution in [-0.4, -0.2) is 31.3 Å². The molecular weight excluding hydrogens is 224 g/mol. The van der Waals surface area contributed by atoms with E-state index >= 15 is 0 Å². The van der Waals surface area contributed by atoms with Gasteiger partial charge in [0.15, 0.2) is 0 Å². The van der Waals surface area contributed by atoms with Crippen molar-refractivity contribution in [3.05, 3.63) is 23.8 Å². The Hall–Kier alpha value is -1.22. The molecule has 0 bridgehead atoms. The van der Waals surface area contributed by atoms with Crippen LogP contribution < -0.4 is 10.2 Å². The normalized spacial score (nSPS) is 23.8. The molecule has 2 rings (SSSR count). The molecule has 0 spiro atoms. The SMILES string of the molecule is Cc1ccc(N[C@H]2CCCC[C@@H]2O)cc1N(C)C. The van der Waals surface area contributed by atoms with Crippen LogP contribution in [0.15, 0.2) is 18.2 Å². The van der Waals surface area contributed by atoms with Gasteiger partial charge in [0.25, 0.3) is 0 Å². The first-order valence-corrected chi connectivity index (χ1v) is 6.80. The van der Waals surface area contributed by atoms with Gasteiger partial charge in [-0.2, -0.15) is 0 Å². The average molecular weight is 248 g/mol. The van der Waals surface area contributed by atoms with Gasteiger partial charge < -0.3 is 15.3 Å². The monoisotopic (exact) mass is 248 g/mol. The Morgan fingerprint density at radius 1 is 1.22 bits per heavy atom. The van der Waals surface area contributed by atoms with Crippen LogP contribution >= 0.6 is 0 Å². The van der Waals surface area contributed by atoms with Crippen molar-refractivity contribution in [2.45, 2.75) is 44.8 Å². The topological polar surface area (TPSA) is 35.5 Å². The standard InChI is InChI=1S/C15H24N2O/c1-11-8-9-12(10-14(11)17(2)3)16-13-6-4-5-7-15(13)18/h8-10,13,15-16,18H,4-7H2,1-3H3/t13-,15-/m0/s1. The van der Waals surface area contributed by atoms with Gasteiger partial charge in [-0.05, 0) is 37.5 Å². The van der Waals surface area contributed by atoms with E-state index in [-0.39, 0.29) is 12.1 Å². The maximum Gasteiger partial charge on any atom is 0.0741 e. The lowest BCUT2D eigenvalue weighted by atomic mass is 9.92. The minimum Gasteiger partial charge on any atom is -0.391 e. The molecule has 0 aliphatic heterocycles. The largest absolute Gasteiger partial charge is 0.391 e. The van der Waals surface area contributed by atoms with Gasteiger partial charge in [-0.15, -0.1) is 0 Å². The second kappa shape index (κ2) is 5.61. The van der Waals surface area contributed by atoms with Crippen LogP contribution in [0.1, 0.15) is 31.2 Å². The molecule has 1 aliphatic carbocycles. The highest BCUT2D eigenvalue weighted by molar-refractivity contribution is 5.62. The summed E-state index contributed by atoms with van der Waals surface area (Å²) in [5.41, 5.74) is 3.61. The van der Waals surface area contributed by atoms with Crippen molar-refractivity contribution in [3.8, 4) is 0 Å². The molecule has 3 nitrogen and oxygen atoms in total. The highest BCUT2D eigenvalue weighted by Gasteiger charge is 2.22. The lowest BCUT2D eigenvalue weighted by Crippen LogP contribution is -2.36. The van der Waals surface area contributed by atoms with Gasteiger partial charge in [-0.3, -0.25) is 0 Å². The Balaban J connectivity index is 2.11. The first kappa shape index (κ1) is 13.2. The minimum atomic E-state index is -0.206.